The zero-order valence-electron chi connectivity index (χ0n) is 7.35. The average molecular weight is 183 g/mol. The summed E-state index contributed by atoms with van der Waals surface area (Å²) in [7, 11) is 1.57. The van der Waals surface area contributed by atoms with Crippen LogP contribution in [-0.2, 0) is 23.2 Å². The van der Waals surface area contributed by atoms with Crippen molar-refractivity contribution in [1.82, 2.24) is 14.3 Å². The molecule has 1 heterocycles. The van der Waals surface area contributed by atoms with Crippen LogP contribution in [-0.4, -0.2) is 25.9 Å². The van der Waals surface area contributed by atoms with Crippen LogP contribution in [0, 0.1) is 0 Å². The van der Waals surface area contributed by atoms with Gasteiger partial charge >= 0.3 is 5.69 Å². The predicted molar refractivity (Wildman–Crippen MR) is 43.2 cm³/mol. The number of hydrogen-bond acceptors (Lipinski definition) is 4. The number of ketones is 2. The molecule has 0 radical (unpaired) electrons. The van der Waals surface area contributed by atoms with Gasteiger partial charge in [0.2, 0.25) is 5.78 Å². The van der Waals surface area contributed by atoms with Gasteiger partial charge in [-0.3, -0.25) is 14.3 Å². The van der Waals surface area contributed by atoms with Crippen molar-refractivity contribution < 1.29 is 9.59 Å². The lowest BCUT2D eigenvalue weighted by molar-refractivity contribution is -0.135. The molecule has 1 aromatic heterocycles. The summed E-state index contributed by atoms with van der Waals surface area (Å²) in [5.74, 6) is -1.17. The number of aryl methyl sites for hydroxylation is 1. The van der Waals surface area contributed by atoms with E-state index in [0.29, 0.717) is 0 Å². The van der Waals surface area contributed by atoms with Crippen molar-refractivity contribution in [3.63, 3.8) is 0 Å². The standard InChI is InChI=1S/C7H9N3O3/c1-5(11)6(12)3-10-7(13)8-4-9(10)2/h4H,3H2,1-2H3. The summed E-state index contributed by atoms with van der Waals surface area (Å²) in [6, 6.07) is 0. The Hall–Kier alpha value is -1.72. The molecule has 0 aliphatic carbocycles. The first-order valence-corrected chi connectivity index (χ1v) is 3.64. The summed E-state index contributed by atoms with van der Waals surface area (Å²) in [6.45, 7) is 0.925. The van der Waals surface area contributed by atoms with Crippen molar-refractivity contribution in [2.24, 2.45) is 7.05 Å². The molecule has 0 aromatic carbocycles. The van der Waals surface area contributed by atoms with E-state index in [0.717, 1.165) is 4.68 Å². The fourth-order valence-corrected chi connectivity index (χ4v) is 0.823. The number of carbonyl (C=O) groups is 2. The number of rotatable bonds is 3. The van der Waals surface area contributed by atoms with Crippen LogP contribution in [0.25, 0.3) is 0 Å². The first-order chi connectivity index (χ1) is 6.02. The molecule has 0 fully saturated rings. The van der Waals surface area contributed by atoms with E-state index in [1.54, 1.807) is 7.05 Å². The van der Waals surface area contributed by atoms with Gasteiger partial charge in [0.1, 0.15) is 12.9 Å². The van der Waals surface area contributed by atoms with Gasteiger partial charge in [-0.2, -0.15) is 4.98 Å². The second-order valence-corrected chi connectivity index (χ2v) is 2.64. The molecule has 0 bridgehead atoms. The van der Waals surface area contributed by atoms with Gasteiger partial charge in [0.05, 0.1) is 0 Å². The Balaban J connectivity index is 2.92. The fraction of sp³-hybridized carbons (Fsp3) is 0.429. The van der Waals surface area contributed by atoms with E-state index in [-0.39, 0.29) is 6.54 Å². The Morgan fingerprint density at radius 3 is 2.54 bits per heavy atom. The van der Waals surface area contributed by atoms with Gasteiger partial charge in [-0.05, 0) is 0 Å². The normalized spacial score (nSPS) is 10.0. The largest absolute Gasteiger partial charge is 0.364 e. The van der Waals surface area contributed by atoms with Gasteiger partial charge in [0.25, 0.3) is 0 Å². The Labute approximate surface area is 73.8 Å². The molecule has 0 saturated carbocycles. The van der Waals surface area contributed by atoms with Crippen LogP contribution in [0.1, 0.15) is 6.92 Å². The maximum Gasteiger partial charge on any atom is 0.364 e. The van der Waals surface area contributed by atoms with Crippen LogP contribution >= 0.6 is 0 Å². The van der Waals surface area contributed by atoms with Crippen molar-refractivity contribution in [2.45, 2.75) is 13.5 Å². The quantitative estimate of drug-likeness (QED) is 0.548. The second kappa shape index (κ2) is 3.34. The molecule has 1 rings (SSSR count). The van der Waals surface area contributed by atoms with Crippen molar-refractivity contribution >= 4 is 11.6 Å². The molecule has 0 aliphatic heterocycles. The van der Waals surface area contributed by atoms with Gasteiger partial charge in [0, 0.05) is 14.0 Å². The Kier molecular flexibility index (Phi) is 2.41. The summed E-state index contributed by atoms with van der Waals surface area (Å²) in [5.41, 5.74) is -0.530. The summed E-state index contributed by atoms with van der Waals surface area (Å²) in [6.07, 6.45) is 1.29. The van der Waals surface area contributed by atoms with E-state index in [9.17, 15) is 14.4 Å². The molecule has 13 heavy (non-hydrogen) atoms. The van der Waals surface area contributed by atoms with Gasteiger partial charge in [0.15, 0.2) is 5.78 Å². The highest BCUT2D eigenvalue weighted by Gasteiger charge is 2.11. The monoisotopic (exact) mass is 183 g/mol. The van der Waals surface area contributed by atoms with Crippen LogP contribution in [0.2, 0.25) is 0 Å². The van der Waals surface area contributed by atoms with E-state index >= 15 is 0 Å². The zero-order chi connectivity index (χ0) is 10.0. The van der Waals surface area contributed by atoms with Gasteiger partial charge in [-0.15, -0.1) is 0 Å². The van der Waals surface area contributed by atoms with Crippen LogP contribution in [0.4, 0.5) is 0 Å². The van der Waals surface area contributed by atoms with Crippen molar-refractivity contribution in [2.75, 3.05) is 0 Å². The van der Waals surface area contributed by atoms with Gasteiger partial charge < -0.3 is 0 Å². The third-order valence-corrected chi connectivity index (χ3v) is 1.62. The first kappa shape index (κ1) is 9.37. The van der Waals surface area contributed by atoms with Crippen LogP contribution < -0.4 is 5.69 Å². The average Bonchev–Trinajstić information content (AvgIpc) is 2.35. The molecular weight excluding hydrogens is 174 g/mol. The highest BCUT2D eigenvalue weighted by molar-refractivity contribution is 6.36. The van der Waals surface area contributed by atoms with Crippen LogP contribution in [0.3, 0.4) is 0 Å². The van der Waals surface area contributed by atoms with E-state index < -0.39 is 17.3 Å². The molecule has 0 unspecified atom stereocenters. The van der Waals surface area contributed by atoms with Crippen LogP contribution in [0.5, 0.6) is 0 Å². The zero-order valence-corrected chi connectivity index (χ0v) is 7.35. The molecule has 6 nitrogen and oxygen atoms in total. The predicted octanol–water partition coefficient (Wildman–Crippen LogP) is -1.26. The Bertz CT molecular complexity index is 401. The third-order valence-electron chi connectivity index (χ3n) is 1.62. The fourth-order valence-electron chi connectivity index (χ4n) is 0.823. The highest BCUT2D eigenvalue weighted by Crippen LogP contribution is 1.83. The van der Waals surface area contributed by atoms with E-state index in [1.807, 2.05) is 0 Å². The number of Topliss-reactive ketones (excluding diaryl/α,β-unsaturated/α-hetero) is 2. The van der Waals surface area contributed by atoms with Crippen molar-refractivity contribution in [1.29, 1.82) is 0 Å². The Morgan fingerprint density at radius 2 is 2.15 bits per heavy atom. The summed E-state index contributed by atoms with van der Waals surface area (Å²) in [4.78, 5) is 36.0. The minimum atomic E-state index is -0.606. The highest BCUT2D eigenvalue weighted by atomic mass is 16.2. The Morgan fingerprint density at radius 1 is 1.54 bits per heavy atom. The first-order valence-electron chi connectivity index (χ1n) is 3.64. The topological polar surface area (TPSA) is 74.0 Å². The molecule has 0 atom stereocenters. The number of carbonyl (C=O) groups excluding carboxylic acids is 2. The molecular formula is C7H9N3O3. The molecule has 0 aliphatic rings. The molecule has 0 amide bonds. The molecule has 0 N–H and O–H groups in total. The SMILES string of the molecule is CC(=O)C(=O)Cn1c(=O)ncn1C. The molecule has 0 spiro atoms. The third kappa shape index (κ3) is 1.90. The molecule has 0 saturated heterocycles. The second-order valence-electron chi connectivity index (χ2n) is 2.64. The number of hydrogen-bond donors (Lipinski definition) is 0. The molecule has 6 heteroatoms. The van der Waals surface area contributed by atoms with Crippen molar-refractivity contribution in [3.05, 3.63) is 16.8 Å². The van der Waals surface area contributed by atoms with E-state index in [4.69, 9.17) is 0 Å². The van der Waals surface area contributed by atoms with E-state index in [1.165, 1.54) is 17.9 Å². The maximum atomic E-state index is 11.0. The molecule has 70 valence electrons. The lowest BCUT2D eigenvalue weighted by Crippen LogP contribution is -2.29. The lowest BCUT2D eigenvalue weighted by Gasteiger charge is -2.01. The van der Waals surface area contributed by atoms with Crippen molar-refractivity contribution in [3.8, 4) is 0 Å². The molecule has 1 aromatic rings. The number of aromatic nitrogens is 3. The number of nitrogens with zero attached hydrogens (tertiary/aromatic N) is 3. The van der Waals surface area contributed by atoms with E-state index in [2.05, 4.69) is 4.98 Å². The minimum Gasteiger partial charge on any atom is -0.291 e. The van der Waals surface area contributed by atoms with Crippen LogP contribution in [0.15, 0.2) is 11.1 Å². The van der Waals surface area contributed by atoms with Gasteiger partial charge in [-0.25, -0.2) is 9.48 Å². The lowest BCUT2D eigenvalue weighted by atomic mass is 10.3. The van der Waals surface area contributed by atoms with Gasteiger partial charge in [-0.1, -0.05) is 0 Å². The summed E-state index contributed by atoms with van der Waals surface area (Å²) >= 11 is 0. The maximum absolute atomic E-state index is 11.0. The smallest absolute Gasteiger partial charge is 0.291 e. The summed E-state index contributed by atoms with van der Waals surface area (Å²) < 4.78 is 2.45. The summed E-state index contributed by atoms with van der Waals surface area (Å²) in [5, 5.41) is 0. The minimum absolute atomic E-state index is 0.245.